The number of hydrogen-bond acceptors (Lipinski definition) is 4. The third-order valence-corrected chi connectivity index (χ3v) is 3.51. The molecule has 1 aromatic carbocycles. The molecule has 0 radical (unpaired) electrons. The van der Waals surface area contributed by atoms with E-state index in [1.165, 1.54) is 17.9 Å². The van der Waals surface area contributed by atoms with E-state index in [0.29, 0.717) is 11.4 Å². The zero-order valence-corrected chi connectivity index (χ0v) is 13.6. The van der Waals surface area contributed by atoms with E-state index in [4.69, 9.17) is 4.74 Å². The number of carbonyl (C=O) groups excluding carboxylic acids is 1. The Kier molecular flexibility index (Phi) is 5.63. The topological polar surface area (TPSA) is 76.4 Å². The average molecular weight is 339 g/mol. The quantitative estimate of drug-likeness (QED) is 0.836. The Hall–Kier alpha value is -2.32. The summed E-state index contributed by atoms with van der Waals surface area (Å²) in [6, 6.07) is 3.14. The maximum atomic E-state index is 13.9. The molecule has 0 spiro atoms. The number of nitrogens with one attached hydrogen (secondary N) is 1. The summed E-state index contributed by atoms with van der Waals surface area (Å²) in [6.45, 7) is 3.34. The monoisotopic (exact) mass is 339 g/mol. The van der Waals surface area contributed by atoms with Gasteiger partial charge in [0.25, 0.3) is 5.91 Å². The van der Waals surface area contributed by atoms with Crippen molar-refractivity contribution in [2.75, 3.05) is 20.3 Å². The molecule has 1 aromatic heterocycles. The van der Waals surface area contributed by atoms with E-state index < -0.39 is 23.6 Å². The molecule has 0 bridgehead atoms. The molecule has 130 valence electrons. The third-order valence-electron chi connectivity index (χ3n) is 3.51. The van der Waals surface area contributed by atoms with E-state index in [2.05, 4.69) is 10.4 Å². The lowest BCUT2D eigenvalue weighted by molar-refractivity contribution is 0.0609. The highest BCUT2D eigenvalue weighted by Crippen LogP contribution is 2.20. The maximum absolute atomic E-state index is 13.9. The van der Waals surface area contributed by atoms with Crippen molar-refractivity contribution in [3.8, 4) is 5.69 Å². The molecule has 0 saturated heterocycles. The van der Waals surface area contributed by atoms with Gasteiger partial charge in [0, 0.05) is 19.7 Å². The van der Waals surface area contributed by atoms with Crippen molar-refractivity contribution in [2.45, 2.75) is 20.0 Å². The molecule has 1 atom stereocenters. The second-order valence-corrected chi connectivity index (χ2v) is 5.37. The minimum atomic E-state index is -0.829. The van der Waals surface area contributed by atoms with Crippen LogP contribution in [0.3, 0.4) is 0 Å². The molecule has 0 fully saturated rings. The second-order valence-electron chi connectivity index (χ2n) is 5.37. The molecule has 24 heavy (non-hydrogen) atoms. The fourth-order valence-corrected chi connectivity index (χ4v) is 2.41. The smallest absolute Gasteiger partial charge is 0.255 e. The largest absolute Gasteiger partial charge is 0.389 e. The molecule has 0 aliphatic carbocycles. The normalized spacial score (nSPS) is 12.2. The molecule has 0 aliphatic rings. The number of aromatic nitrogens is 2. The molecule has 1 unspecified atom stereocenters. The summed E-state index contributed by atoms with van der Waals surface area (Å²) in [5.41, 5.74) is 1.14. The van der Waals surface area contributed by atoms with Crippen LogP contribution in [0.1, 0.15) is 21.7 Å². The summed E-state index contributed by atoms with van der Waals surface area (Å²) in [5, 5.41) is 16.3. The van der Waals surface area contributed by atoms with Gasteiger partial charge in [0.15, 0.2) is 5.82 Å². The van der Waals surface area contributed by atoms with Gasteiger partial charge in [-0.15, -0.1) is 0 Å². The number of carbonyl (C=O) groups is 1. The molecule has 0 saturated carbocycles. The summed E-state index contributed by atoms with van der Waals surface area (Å²) in [5.74, 6) is -1.90. The predicted octanol–water partition coefficient (Wildman–Crippen LogP) is 1.50. The third kappa shape index (κ3) is 3.77. The van der Waals surface area contributed by atoms with Crippen molar-refractivity contribution in [1.29, 1.82) is 0 Å². The van der Waals surface area contributed by atoms with Crippen LogP contribution in [0.15, 0.2) is 18.2 Å². The Balaban J connectivity index is 2.27. The molecular formula is C16H19F2N3O3. The van der Waals surface area contributed by atoms with Gasteiger partial charge in [0.05, 0.1) is 29.7 Å². The van der Waals surface area contributed by atoms with Crippen LogP contribution in [0.5, 0.6) is 0 Å². The maximum Gasteiger partial charge on any atom is 0.255 e. The standard InChI is InChI=1S/C16H19F2N3O3/c1-9-15(16(23)19-7-12(22)8-24-3)10(2)21(20-9)14-5-4-11(17)6-13(14)18/h4-6,12,22H,7-8H2,1-3H3,(H,19,23). The highest BCUT2D eigenvalue weighted by molar-refractivity contribution is 5.96. The van der Waals surface area contributed by atoms with Gasteiger partial charge in [-0.1, -0.05) is 0 Å². The molecule has 2 rings (SSSR count). The minimum absolute atomic E-state index is 0.0155. The number of aryl methyl sites for hydroxylation is 1. The predicted molar refractivity (Wildman–Crippen MR) is 83.2 cm³/mol. The van der Waals surface area contributed by atoms with Crippen LogP contribution < -0.4 is 5.32 Å². The molecule has 0 aliphatic heterocycles. The first-order chi connectivity index (χ1) is 11.3. The Morgan fingerprint density at radius 3 is 2.75 bits per heavy atom. The first-order valence-corrected chi connectivity index (χ1v) is 7.32. The number of ether oxygens (including phenoxy) is 1. The number of aliphatic hydroxyl groups is 1. The minimum Gasteiger partial charge on any atom is -0.389 e. The van der Waals surface area contributed by atoms with Gasteiger partial charge in [-0.25, -0.2) is 13.5 Å². The Morgan fingerprint density at radius 2 is 2.12 bits per heavy atom. The molecule has 1 heterocycles. The van der Waals surface area contributed by atoms with Crippen molar-refractivity contribution in [3.63, 3.8) is 0 Å². The summed E-state index contributed by atoms with van der Waals surface area (Å²) < 4.78 is 33.0. The SMILES string of the molecule is COCC(O)CNC(=O)c1c(C)nn(-c2ccc(F)cc2F)c1C. The van der Waals surface area contributed by atoms with Gasteiger partial charge in [-0.3, -0.25) is 4.79 Å². The molecule has 6 nitrogen and oxygen atoms in total. The number of rotatable bonds is 6. The van der Waals surface area contributed by atoms with Crippen LogP contribution in [0.25, 0.3) is 5.69 Å². The number of benzene rings is 1. The van der Waals surface area contributed by atoms with Crippen LogP contribution in [0.2, 0.25) is 0 Å². The fraction of sp³-hybridized carbons (Fsp3) is 0.375. The number of methoxy groups -OCH3 is 1. The summed E-state index contributed by atoms with van der Waals surface area (Å²) in [4.78, 5) is 12.3. The Morgan fingerprint density at radius 1 is 1.42 bits per heavy atom. The first kappa shape index (κ1) is 18.0. The van der Waals surface area contributed by atoms with Crippen molar-refractivity contribution in [3.05, 3.63) is 46.8 Å². The lowest BCUT2D eigenvalue weighted by atomic mass is 10.1. The number of hydrogen-bond donors (Lipinski definition) is 2. The number of aliphatic hydroxyl groups excluding tert-OH is 1. The fourth-order valence-electron chi connectivity index (χ4n) is 2.41. The summed E-state index contributed by atoms with van der Waals surface area (Å²) >= 11 is 0. The van der Waals surface area contributed by atoms with Crippen LogP contribution in [0.4, 0.5) is 8.78 Å². The van der Waals surface area contributed by atoms with Gasteiger partial charge in [0.2, 0.25) is 0 Å². The molecular weight excluding hydrogens is 320 g/mol. The zero-order valence-electron chi connectivity index (χ0n) is 13.6. The highest BCUT2D eigenvalue weighted by Gasteiger charge is 2.21. The highest BCUT2D eigenvalue weighted by atomic mass is 19.1. The number of nitrogens with zero attached hydrogens (tertiary/aromatic N) is 2. The van der Waals surface area contributed by atoms with Gasteiger partial charge in [-0.2, -0.15) is 5.10 Å². The zero-order chi connectivity index (χ0) is 17.9. The molecule has 8 heteroatoms. The van der Waals surface area contributed by atoms with Crippen molar-refractivity contribution >= 4 is 5.91 Å². The van der Waals surface area contributed by atoms with Crippen LogP contribution in [-0.2, 0) is 4.74 Å². The van der Waals surface area contributed by atoms with Gasteiger partial charge in [-0.05, 0) is 26.0 Å². The molecule has 1 amide bonds. The number of amides is 1. The van der Waals surface area contributed by atoms with E-state index in [-0.39, 0.29) is 24.4 Å². The van der Waals surface area contributed by atoms with E-state index in [1.807, 2.05) is 0 Å². The lowest BCUT2D eigenvalue weighted by Crippen LogP contribution is -2.34. The van der Waals surface area contributed by atoms with E-state index >= 15 is 0 Å². The molecule has 2 N–H and O–H groups in total. The van der Waals surface area contributed by atoms with E-state index in [9.17, 15) is 18.7 Å². The van der Waals surface area contributed by atoms with Gasteiger partial charge < -0.3 is 15.2 Å². The van der Waals surface area contributed by atoms with Crippen molar-refractivity contribution in [1.82, 2.24) is 15.1 Å². The Bertz CT molecular complexity index is 746. The lowest BCUT2D eigenvalue weighted by Gasteiger charge is -2.11. The summed E-state index contributed by atoms with van der Waals surface area (Å²) in [6.07, 6.45) is -0.829. The van der Waals surface area contributed by atoms with E-state index in [0.717, 1.165) is 12.1 Å². The average Bonchev–Trinajstić information content (AvgIpc) is 2.80. The van der Waals surface area contributed by atoms with Crippen molar-refractivity contribution < 1.29 is 23.4 Å². The second kappa shape index (κ2) is 7.50. The van der Waals surface area contributed by atoms with E-state index in [1.54, 1.807) is 13.8 Å². The van der Waals surface area contributed by atoms with Crippen LogP contribution in [-0.4, -0.2) is 47.2 Å². The van der Waals surface area contributed by atoms with Crippen LogP contribution in [0, 0.1) is 25.5 Å². The number of halogens is 2. The summed E-state index contributed by atoms with van der Waals surface area (Å²) in [7, 11) is 1.45. The van der Waals surface area contributed by atoms with Crippen molar-refractivity contribution in [2.24, 2.45) is 0 Å². The first-order valence-electron chi connectivity index (χ1n) is 7.32. The molecule has 2 aromatic rings. The van der Waals surface area contributed by atoms with Crippen LogP contribution >= 0.6 is 0 Å². The van der Waals surface area contributed by atoms with Gasteiger partial charge >= 0.3 is 0 Å². The Labute approximate surface area is 138 Å². The van der Waals surface area contributed by atoms with Gasteiger partial charge in [0.1, 0.15) is 11.5 Å².